The molecule has 1 N–H and O–H groups in total. The summed E-state index contributed by atoms with van der Waals surface area (Å²) in [6, 6.07) is 2.38. The first-order valence-corrected chi connectivity index (χ1v) is 6.61. The third-order valence-electron chi connectivity index (χ3n) is 2.66. The standard InChI is InChI=1S/C12H13N5S/c1-8(2)17-6-9(5-15-17)16-11-10-3-4-18-12(10)14-7-13-11/h3-8H,1-2H3,(H,13,14,16). The van der Waals surface area contributed by atoms with Gasteiger partial charge in [-0.05, 0) is 25.3 Å². The number of anilines is 2. The van der Waals surface area contributed by atoms with Crippen molar-refractivity contribution < 1.29 is 0 Å². The third-order valence-corrected chi connectivity index (χ3v) is 3.48. The molecule has 3 aromatic rings. The largest absolute Gasteiger partial charge is 0.337 e. The fourth-order valence-electron chi connectivity index (χ4n) is 1.71. The highest BCUT2D eigenvalue weighted by molar-refractivity contribution is 7.16. The maximum absolute atomic E-state index is 4.29. The topological polar surface area (TPSA) is 55.6 Å². The van der Waals surface area contributed by atoms with E-state index in [1.54, 1.807) is 23.9 Å². The van der Waals surface area contributed by atoms with Gasteiger partial charge in [0.15, 0.2) is 0 Å². The molecule has 3 heterocycles. The highest BCUT2D eigenvalue weighted by atomic mass is 32.1. The van der Waals surface area contributed by atoms with E-state index >= 15 is 0 Å². The van der Waals surface area contributed by atoms with Gasteiger partial charge in [0, 0.05) is 12.2 Å². The molecule has 3 aromatic heterocycles. The van der Waals surface area contributed by atoms with E-state index in [1.807, 2.05) is 22.3 Å². The van der Waals surface area contributed by atoms with Gasteiger partial charge in [-0.3, -0.25) is 4.68 Å². The molecule has 0 atom stereocenters. The molecule has 5 nitrogen and oxygen atoms in total. The lowest BCUT2D eigenvalue weighted by Crippen LogP contribution is -2.00. The summed E-state index contributed by atoms with van der Waals surface area (Å²) < 4.78 is 1.91. The fraction of sp³-hybridized carbons (Fsp3) is 0.250. The summed E-state index contributed by atoms with van der Waals surface area (Å²) in [5, 5.41) is 10.6. The normalized spacial score (nSPS) is 11.3. The molecule has 0 fully saturated rings. The van der Waals surface area contributed by atoms with Crippen LogP contribution >= 0.6 is 11.3 Å². The summed E-state index contributed by atoms with van der Waals surface area (Å²) in [5.41, 5.74) is 0.940. The van der Waals surface area contributed by atoms with Crippen LogP contribution in [0.4, 0.5) is 11.5 Å². The number of nitrogens with one attached hydrogen (secondary N) is 1. The third kappa shape index (κ3) is 1.95. The van der Waals surface area contributed by atoms with E-state index < -0.39 is 0 Å². The van der Waals surface area contributed by atoms with E-state index in [4.69, 9.17) is 0 Å². The van der Waals surface area contributed by atoms with Gasteiger partial charge >= 0.3 is 0 Å². The average Bonchev–Trinajstić information content (AvgIpc) is 2.97. The first kappa shape index (κ1) is 11.2. The zero-order chi connectivity index (χ0) is 12.5. The van der Waals surface area contributed by atoms with Gasteiger partial charge < -0.3 is 5.32 Å². The number of fused-ring (bicyclic) bond motifs is 1. The second-order valence-corrected chi connectivity index (χ2v) is 5.18. The van der Waals surface area contributed by atoms with Crippen molar-refractivity contribution in [2.24, 2.45) is 0 Å². The van der Waals surface area contributed by atoms with Crippen LogP contribution in [0.3, 0.4) is 0 Å². The monoisotopic (exact) mass is 259 g/mol. The number of aromatic nitrogens is 4. The minimum absolute atomic E-state index is 0.354. The van der Waals surface area contributed by atoms with Crippen LogP contribution in [0.25, 0.3) is 10.2 Å². The van der Waals surface area contributed by atoms with Gasteiger partial charge in [0.2, 0.25) is 0 Å². The van der Waals surface area contributed by atoms with Crippen LogP contribution in [-0.2, 0) is 0 Å². The molecule has 0 spiro atoms. The second-order valence-electron chi connectivity index (χ2n) is 4.29. The molecule has 92 valence electrons. The van der Waals surface area contributed by atoms with Crippen molar-refractivity contribution in [3.63, 3.8) is 0 Å². The molecule has 0 amide bonds. The van der Waals surface area contributed by atoms with Crippen LogP contribution in [0.15, 0.2) is 30.2 Å². The van der Waals surface area contributed by atoms with Crippen LogP contribution < -0.4 is 5.32 Å². The average molecular weight is 259 g/mol. The quantitative estimate of drug-likeness (QED) is 0.784. The minimum Gasteiger partial charge on any atom is -0.337 e. The SMILES string of the molecule is CC(C)n1cc(Nc2ncnc3sccc23)cn1. The number of thiophene rings is 1. The van der Waals surface area contributed by atoms with Crippen LogP contribution in [0.1, 0.15) is 19.9 Å². The predicted octanol–water partition coefficient (Wildman–Crippen LogP) is 3.21. The van der Waals surface area contributed by atoms with Gasteiger partial charge in [-0.25, -0.2) is 9.97 Å². The Morgan fingerprint density at radius 1 is 1.33 bits per heavy atom. The van der Waals surface area contributed by atoms with Crippen LogP contribution in [-0.4, -0.2) is 19.7 Å². The summed E-state index contributed by atoms with van der Waals surface area (Å²) in [6.07, 6.45) is 5.36. The molecule has 0 saturated heterocycles. The number of rotatable bonds is 3. The zero-order valence-electron chi connectivity index (χ0n) is 10.2. The molecule has 18 heavy (non-hydrogen) atoms. The van der Waals surface area contributed by atoms with Gasteiger partial charge in [-0.1, -0.05) is 0 Å². The number of nitrogens with zero attached hydrogens (tertiary/aromatic N) is 4. The molecule has 0 radical (unpaired) electrons. The molecule has 0 aliphatic rings. The smallest absolute Gasteiger partial charge is 0.142 e. The van der Waals surface area contributed by atoms with Gasteiger partial charge in [-0.2, -0.15) is 5.10 Å². The summed E-state index contributed by atoms with van der Waals surface area (Å²) >= 11 is 1.61. The van der Waals surface area contributed by atoms with E-state index in [-0.39, 0.29) is 0 Å². The molecule has 0 aliphatic heterocycles. The molecule has 0 aromatic carbocycles. The van der Waals surface area contributed by atoms with Crippen molar-refractivity contribution in [3.05, 3.63) is 30.2 Å². The van der Waals surface area contributed by atoms with Crippen LogP contribution in [0.5, 0.6) is 0 Å². The lowest BCUT2D eigenvalue weighted by molar-refractivity contribution is 0.532. The molecule has 0 unspecified atom stereocenters. The van der Waals surface area contributed by atoms with E-state index in [0.717, 1.165) is 21.7 Å². The predicted molar refractivity (Wildman–Crippen MR) is 73.3 cm³/mol. The molecule has 6 heteroatoms. The number of hydrogen-bond acceptors (Lipinski definition) is 5. The Balaban J connectivity index is 1.93. The van der Waals surface area contributed by atoms with Crippen molar-refractivity contribution in [1.82, 2.24) is 19.7 Å². The van der Waals surface area contributed by atoms with Gasteiger partial charge in [-0.15, -0.1) is 11.3 Å². The summed E-state index contributed by atoms with van der Waals surface area (Å²) in [4.78, 5) is 9.49. The van der Waals surface area contributed by atoms with E-state index in [0.29, 0.717) is 6.04 Å². The van der Waals surface area contributed by atoms with Gasteiger partial charge in [0.25, 0.3) is 0 Å². The van der Waals surface area contributed by atoms with Crippen LogP contribution in [0.2, 0.25) is 0 Å². The molecule has 3 rings (SSSR count). The van der Waals surface area contributed by atoms with Crippen molar-refractivity contribution >= 4 is 33.1 Å². The van der Waals surface area contributed by atoms with Gasteiger partial charge in [0.05, 0.1) is 17.3 Å². The molecular formula is C12H13N5S. The first-order valence-electron chi connectivity index (χ1n) is 5.73. The van der Waals surface area contributed by atoms with Crippen molar-refractivity contribution in [2.45, 2.75) is 19.9 Å². The Bertz CT molecular complexity index is 670. The lowest BCUT2D eigenvalue weighted by Gasteiger charge is -2.04. The second kappa shape index (κ2) is 4.38. The zero-order valence-corrected chi connectivity index (χ0v) is 11.0. The summed E-state index contributed by atoms with van der Waals surface area (Å²) in [6.45, 7) is 4.19. The van der Waals surface area contributed by atoms with Crippen LogP contribution in [0, 0.1) is 0 Å². The fourth-order valence-corrected chi connectivity index (χ4v) is 2.44. The van der Waals surface area contributed by atoms with Crippen molar-refractivity contribution in [2.75, 3.05) is 5.32 Å². The minimum atomic E-state index is 0.354. The van der Waals surface area contributed by atoms with Crippen molar-refractivity contribution in [3.8, 4) is 0 Å². The summed E-state index contributed by atoms with van der Waals surface area (Å²) in [7, 11) is 0. The highest BCUT2D eigenvalue weighted by Gasteiger charge is 2.07. The molecule has 0 aliphatic carbocycles. The van der Waals surface area contributed by atoms with Gasteiger partial charge in [0.1, 0.15) is 17.0 Å². The highest BCUT2D eigenvalue weighted by Crippen LogP contribution is 2.26. The summed E-state index contributed by atoms with van der Waals surface area (Å²) in [5.74, 6) is 0.824. The molecule has 0 bridgehead atoms. The Hall–Kier alpha value is -1.95. The molecular weight excluding hydrogens is 246 g/mol. The Morgan fingerprint density at radius 3 is 3.00 bits per heavy atom. The van der Waals surface area contributed by atoms with E-state index in [1.165, 1.54) is 0 Å². The Morgan fingerprint density at radius 2 is 2.22 bits per heavy atom. The van der Waals surface area contributed by atoms with E-state index in [9.17, 15) is 0 Å². The maximum atomic E-state index is 4.29. The Kier molecular flexibility index (Phi) is 2.71. The maximum Gasteiger partial charge on any atom is 0.142 e. The number of hydrogen-bond donors (Lipinski definition) is 1. The Labute approximate surface area is 109 Å². The lowest BCUT2D eigenvalue weighted by atomic mass is 10.3. The molecule has 0 saturated carbocycles. The first-order chi connectivity index (χ1) is 8.74. The van der Waals surface area contributed by atoms with Crippen molar-refractivity contribution in [1.29, 1.82) is 0 Å². The van der Waals surface area contributed by atoms with E-state index in [2.05, 4.69) is 34.2 Å².